The number of ether oxygens (including phenoxy) is 2. The molecule has 0 aromatic heterocycles. The summed E-state index contributed by atoms with van der Waals surface area (Å²) in [6, 6.07) is -1.03. The SMILES string of the molecule is COC(=O)CCCC[C@H](NC(=O)OC(C)(C)C)C(=O)O. The van der Waals surface area contributed by atoms with Crippen LogP contribution in [0, 0.1) is 0 Å². The van der Waals surface area contributed by atoms with Gasteiger partial charge in [-0.1, -0.05) is 6.42 Å². The van der Waals surface area contributed by atoms with Gasteiger partial charge >= 0.3 is 18.0 Å². The first-order chi connectivity index (χ1) is 9.15. The van der Waals surface area contributed by atoms with Gasteiger partial charge in [0.15, 0.2) is 0 Å². The molecule has 0 unspecified atom stereocenters. The van der Waals surface area contributed by atoms with Gasteiger partial charge in [-0.25, -0.2) is 9.59 Å². The lowest BCUT2D eigenvalue weighted by Gasteiger charge is -2.21. The lowest BCUT2D eigenvalue weighted by atomic mass is 10.1. The van der Waals surface area contributed by atoms with Crippen LogP contribution in [0.2, 0.25) is 0 Å². The quantitative estimate of drug-likeness (QED) is 0.546. The first-order valence-corrected chi connectivity index (χ1v) is 6.45. The van der Waals surface area contributed by atoms with Gasteiger partial charge in [0.2, 0.25) is 0 Å². The van der Waals surface area contributed by atoms with Gasteiger partial charge in [0.25, 0.3) is 0 Å². The van der Waals surface area contributed by atoms with Crippen molar-refractivity contribution in [3.8, 4) is 0 Å². The topological polar surface area (TPSA) is 102 Å². The van der Waals surface area contributed by atoms with Crippen molar-refractivity contribution in [2.75, 3.05) is 7.11 Å². The Morgan fingerprint density at radius 2 is 1.80 bits per heavy atom. The molecule has 0 aromatic carbocycles. The molecular weight excluding hydrogens is 266 g/mol. The van der Waals surface area contributed by atoms with Gasteiger partial charge in [-0.2, -0.15) is 0 Å². The van der Waals surface area contributed by atoms with E-state index in [4.69, 9.17) is 9.84 Å². The number of carboxylic acids is 1. The maximum Gasteiger partial charge on any atom is 0.408 e. The van der Waals surface area contributed by atoms with Crippen molar-refractivity contribution in [1.29, 1.82) is 0 Å². The number of alkyl carbamates (subject to hydrolysis) is 1. The molecule has 0 radical (unpaired) electrons. The number of carbonyl (C=O) groups is 3. The van der Waals surface area contributed by atoms with Gasteiger partial charge < -0.3 is 19.9 Å². The number of hydrogen-bond donors (Lipinski definition) is 2. The van der Waals surface area contributed by atoms with E-state index in [1.165, 1.54) is 7.11 Å². The van der Waals surface area contributed by atoms with Crippen LogP contribution >= 0.6 is 0 Å². The highest BCUT2D eigenvalue weighted by Crippen LogP contribution is 2.09. The first-order valence-electron chi connectivity index (χ1n) is 6.45. The molecule has 0 aliphatic carbocycles. The van der Waals surface area contributed by atoms with E-state index >= 15 is 0 Å². The Morgan fingerprint density at radius 1 is 1.20 bits per heavy atom. The highest BCUT2D eigenvalue weighted by Gasteiger charge is 2.23. The van der Waals surface area contributed by atoms with Crippen molar-refractivity contribution in [1.82, 2.24) is 5.32 Å². The maximum absolute atomic E-state index is 11.5. The fourth-order valence-corrected chi connectivity index (χ4v) is 1.43. The Kier molecular flexibility index (Phi) is 7.64. The summed E-state index contributed by atoms with van der Waals surface area (Å²) in [5, 5.41) is 11.3. The van der Waals surface area contributed by atoms with Gasteiger partial charge in [-0.3, -0.25) is 4.79 Å². The highest BCUT2D eigenvalue weighted by atomic mass is 16.6. The highest BCUT2D eigenvalue weighted by molar-refractivity contribution is 5.79. The number of hydrogen-bond acceptors (Lipinski definition) is 5. The molecule has 0 aliphatic heterocycles. The zero-order valence-corrected chi connectivity index (χ0v) is 12.4. The molecule has 7 nitrogen and oxygen atoms in total. The van der Waals surface area contributed by atoms with Gasteiger partial charge in [0.05, 0.1) is 7.11 Å². The van der Waals surface area contributed by atoms with Crippen molar-refractivity contribution in [2.45, 2.75) is 58.1 Å². The largest absolute Gasteiger partial charge is 0.480 e. The molecule has 0 aromatic rings. The van der Waals surface area contributed by atoms with E-state index in [-0.39, 0.29) is 18.8 Å². The number of rotatable bonds is 7. The third kappa shape index (κ3) is 9.18. The molecule has 0 rings (SSSR count). The van der Waals surface area contributed by atoms with Crippen LogP contribution in [0.4, 0.5) is 4.79 Å². The fourth-order valence-electron chi connectivity index (χ4n) is 1.43. The van der Waals surface area contributed by atoms with Crippen molar-refractivity contribution in [3.05, 3.63) is 0 Å². The summed E-state index contributed by atoms with van der Waals surface area (Å²) >= 11 is 0. The molecule has 1 amide bonds. The molecule has 0 spiro atoms. The van der Waals surface area contributed by atoms with E-state index in [9.17, 15) is 14.4 Å². The molecule has 0 aliphatic rings. The normalized spacial score (nSPS) is 12.4. The summed E-state index contributed by atoms with van der Waals surface area (Å²) in [5.74, 6) is -1.47. The Morgan fingerprint density at radius 3 is 2.25 bits per heavy atom. The average molecular weight is 289 g/mol. The number of carbonyl (C=O) groups excluding carboxylic acids is 2. The number of unbranched alkanes of at least 4 members (excludes halogenated alkanes) is 1. The molecule has 0 saturated carbocycles. The fraction of sp³-hybridized carbons (Fsp3) is 0.769. The molecule has 0 fully saturated rings. The molecule has 0 bridgehead atoms. The maximum atomic E-state index is 11.5. The summed E-state index contributed by atoms with van der Waals surface area (Å²) in [5.41, 5.74) is -0.683. The van der Waals surface area contributed by atoms with E-state index < -0.39 is 23.7 Å². The van der Waals surface area contributed by atoms with Crippen LogP contribution in [0.15, 0.2) is 0 Å². The van der Waals surface area contributed by atoms with E-state index in [2.05, 4.69) is 10.1 Å². The summed E-state index contributed by atoms with van der Waals surface area (Å²) in [7, 11) is 1.30. The molecular formula is C13H23NO6. The van der Waals surface area contributed by atoms with Crippen molar-refractivity contribution in [3.63, 3.8) is 0 Å². The Balaban J connectivity index is 4.15. The van der Waals surface area contributed by atoms with Crippen LogP contribution in [0.3, 0.4) is 0 Å². The molecule has 7 heteroatoms. The van der Waals surface area contributed by atoms with Gasteiger partial charge in [0, 0.05) is 6.42 Å². The van der Waals surface area contributed by atoms with Crippen molar-refractivity contribution < 1.29 is 29.0 Å². The van der Waals surface area contributed by atoms with Crippen molar-refractivity contribution in [2.24, 2.45) is 0 Å². The molecule has 20 heavy (non-hydrogen) atoms. The Bertz CT molecular complexity index is 347. The summed E-state index contributed by atoms with van der Waals surface area (Å²) < 4.78 is 9.47. The Hall–Kier alpha value is -1.79. The minimum Gasteiger partial charge on any atom is -0.480 e. The van der Waals surface area contributed by atoms with Crippen LogP contribution in [-0.4, -0.2) is 41.9 Å². The predicted molar refractivity (Wildman–Crippen MR) is 71.3 cm³/mol. The minimum atomic E-state index is -1.13. The van der Waals surface area contributed by atoms with E-state index in [1.54, 1.807) is 20.8 Å². The number of amides is 1. The lowest BCUT2D eigenvalue weighted by Crippen LogP contribution is -2.43. The van der Waals surface area contributed by atoms with Crippen LogP contribution in [-0.2, 0) is 19.1 Å². The summed E-state index contributed by atoms with van der Waals surface area (Å²) in [6.45, 7) is 5.08. The van der Waals surface area contributed by atoms with Crippen LogP contribution < -0.4 is 5.32 Å². The zero-order valence-electron chi connectivity index (χ0n) is 12.4. The Labute approximate surface area is 118 Å². The van der Waals surface area contributed by atoms with Gasteiger partial charge in [-0.05, 0) is 33.6 Å². The number of aliphatic carboxylic acids is 1. The standard InChI is InChI=1S/C13H23NO6/c1-13(2,3)20-12(18)14-9(11(16)17)7-5-6-8-10(15)19-4/h9H,5-8H2,1-4H3,(H,14,18)(H,16,17)/t9-/m0/s1. The van der Waals surface area contributed by atoms with Crippen LogP contribution in [0.1, 0.15) is 46.5 Å². The van der Waals surface area contributed by atoms with Gasteiger partial charge in [-0.15, -0.1) is 0 Å². The van der Waals surface area contributed by atoms with E-state index in [0.717, 1.165) is 0 Å². The van der Waals surface area contributed by atoms with Crippen LogP contribution in [0.25, 0.3) is 0 Å². The second-order valence-electron chi connectivity index (χ2n) is 5.36. The third-order valence-electron chi connectivity index (χ3n) is 2.34. The number of methoxy groups -OCH3 is 1. The molecule has 116 valence electrons. The minimum absolute atomic E-state index is 0.228. The molecule has 0 heterocycles. The smallest absolute Gasteiger partial charge is 0.408 e. The molecule has 1 atom stereocenters. The van der Waals surface area contributed by atoms with E-state index in [1.807, 2.05) is 0 Å². The third-order valence-corrected chi connectivity index (χ3v) is 2.34. The molecule has 2 N–H and O–H groups in total. The lowest BCUT2D eigenvalue weighted by molar-refractivity contribution is -0.140. The predicted octanol–water partition coefficient (Wildman–Crippen LogP) is 1.70. The van der Waals surface area contributed by atoms with E-state index in [0.29, 0.717) is 12.8 Å². The molecule has 0 saturated heterocycles. The summed E-state index contributed by atoms with van der Waals surface area (Å²) in [6.07, 6.45) is 0.688. The number of esters is 1. The summed E-state index contributed by atoms with van der Waals surface area (Å²) in [4.78, 5) is 33.4. The second-order valence-corrected chi connectivity index (χ2v) is 5.36. The number of carboxylic acid groups (broad SMARTS) is 1. The average Bonchev–Trinajstić information content (AvgIpc) is 2.29. The second kappa shape index (κ2) is 8.39. The number of nitrogens with one attached hydrogen (secondary N) is 1. The van der Waals surface area contributed by atoms with Gasteiger partial charge in [0.1, 0.15) is 11.6 Å². The first kappa shape index (κ1) is 18.2. The van der Waals surface area contributed by atoms with Crippen LogP contribution in [0.5, 0.6) is 0 Å². The monoisotopic (exact) mass is 289 g/mol. The zero-order chi connectivity index (χ0) is 15.8. The van der Waals surface area contributed by atoms with Crippen molar-refractivity contribution >= 4 is 18.0 Å².